The zero-order valence-electron chi connectivity index (χ0n) is 46.9. The number of anilines is 2. The van der Waals surface area contributed by atoms with Crippen LogP contribution in [0, 0.1) is 28.4 Å². The average molecular weight is 1310 g/mol. The van der Waals surface area contributed by atoms with Gasteiger partial charge in [0, 0.05) is 67.6 Å². The monoisotopic (exact) mass is 1300 g/mol. The van der Waals surface area contributed by atoms with E-state index >= 15 is 8.78 Å². The summed E-state index contributed by atoms with van der Waals surface area (Å²) in [5.74, 6) is -6.69. The lowest BCUT2D eigenvalue weighted by Gasteiger charge is -2.59. The summed E-state index contributed by atoms with van der Waals surface area (Å²) < 4.78 is 98.6. The molecule has 25 heteroatoms. The molecule has 4 aromatic rings. The van der Waals surface area contributed by atoms with Crippen molar-refractivity contribution >= 4 is 93.8 Å². The summed E-state index contributed by atoms with van der Waals surface area (Å²) in [6.07, 6.45) is 1.50. The summed E-state index contributed by atoms with van der Waals surface area (Å²) in [5, 5.41) is 41.4. The number of halogens is 11. The number of nitrogens with two attached hydrogens (primary N) is 1. The molecule has 4 aromatic carbocycles. The number of carboxylic acid groups (broad SMARTS) is 1. The summed E-state index contributed by atoms with van der Waals surface area (Å²) in [7, 11) is 0. The van der Waals surface area contributed by atoms with Crippen molar-refractivity contribution in [3.63, 3.8) is 0 Å². The minimum Gasteiger partial charge on any atom is -0.480 e. The summed E-state index contributed by atoms with van der Waals surface area (Å²) in [6.45, 7) is 0.477. The van der Waals surface area contributed by atoms with Crippen LogP contribution in [0.2, 0.25) is 20.1 Å². The zero-order valence-corrected chi connectivity index (χ0v) is 50.7. The molecule has 4 saturated heterocycles. The van der Waals surface area contributed by atoms with Gasteiger partial charge in [0.25, 0.3) is 0 Å². The number of hydrogen-bond acceptors (Lipinski definition) is 11. The van der Waals surface area contributed by atoms with E-state index in [1.165, 1.54) is 36.4 Å². The van der Waals surface area contributed by atoms with E-state index in [1.807, 2.05) is 0 Å². The number of aliphatic carboxylic acids is 1. The predicted molar refractivity (Wildman–Crippen MR) is 316 cm³/mol. The lowest BCUT2D eigenvalue weighted by atomic mass is 9.46. The van der Waals surface area contributed by atoms with Gasteiger partial charge in [-0.15, -0.1) is 12.4 Å². The van der Waals surface area contributed by atoms with E-state index in [0.717, 1.165) is 12.8 Å². The van der Waals surface area contributed by atoms with Crippen LogP contribution in [0.5, 0.6) is 0 Å². The van der Waals surface area contributed by atoms with Gasteiger partial charge in [-0.1, -0.05) is 82.8 Å². The summed E-state index contributed by atoms with van der Waals surface area (Å²) >= 11 is 24.6. The molecule has 468 valence electrons. The van der Waals surface area contributed by atoms with Crippen molar-refractivity contribution in [1.82, 2.24) is 10.6 Å². The number of ketones is 1. The van der Waals surface area contributed by atoms with Crippen molar-refractivity contribution in [2.45, 2.75) is 148 Å². The van der Waals surface area contributed by atoms with Crippen molar-refractivity contribution in [2.24, 2.45) is 22.5 Å². The molecule has 12 rings (SSSR count). The van der Waals surface area contributed by atoms with Crippen molar-refractivity contribution in [1.29, 1.82) is 0 Å². The van der Waals surface area contributed by atoms with Gasteiger partial charge in [0.2, 0.25) is 11.8 Å². The summed E-state index contributed by atoms with van der Waals surface area (Å²) in [4.78, 5) is 54.7. The number of benzene rings is 4. The van der Waals surface area contributed by atoms with Crippen LogP contribution in [-0.4, -0.2) is 132 Å². The van der Waals surface area contributed by atoms with Crippen molar-refractivity contribution in [3.8, 4) is 0 Å². The van der Waals surface area contributed by atoms with Crippen LogP contribution in [0.1, 0.15) is 106 Å². The standard InChI is InChI=1S/C31H33Cl2F3N2O4.C23H19Cl2F3N2O3.C7H15NO2.ClH/c1-16(39)24-8-5-17(11-42-24)9-23(40)27-25(19-3-2-4-21(33)26(19)36)31(30(38-27)12-29(13-30,14-34)15-35)20-7-6-18(32)10-22(20)37-28(31)41;24-11-4-5-13-15(6-11)29-20(33)23(13)16(12-2-1-3-14(25)17(12)28)18(19(31)32)30-22(23)7-21(8-22,9-26)10-27;1-5(9)7-3-2-6(8)4-10-7;/h2-4,6-7,10,16-17,24-25,27,38-39H,5,8-9,11-15H2,1H3,(H,37,41);1-6,16,18,30H,7-10H2,(H,29,33)(H,31,32);5-7,9H,2-4,8H2,1H3;1H/t16?,17-,24-,25-,27-,31+;16-,18+,23+;5?,6-,7+;/m001./s1. The third-order valence-corrected chi connectivity index (χ3v) is 20.5. The van der Waals surface area contributed by atoms with E-state index in [0.29, 0.717) is 52.0 Å². The number of rotatable bonds is 12. The molecule has 9 N–H and O–H groups in total. The number of Topliss-reactive ketones (excluding diaryl/α,β-unsaturated/α-hetero) is 1. The maximum atomic E-state index is 15.9. The van der Waals surface area contributed by atoms with Gasteiger partial charge >= 0.3 is 5.97 Å². The van der Waals surface area contributed by atoms with E-state index in [2.05, 4.69) is 21.3 Å². The van der Waals surface area contributed by atoms with Gasteiger partial charge in [0.15, 0.2) is 5.78 Å². The van der Waals surface area contributed by atoms with Crippen LogP contribution in [0.15, 0.2) is 72.8 Å². The van der Waals surface area contributed by atoms with Gasteiger partial charge in [-0.3, -0.25) is 47.4 Å². The number of aliphatic hydroxyl groups is 2. The summed E-state index contributed by atoms with van der Waals surface area (Å²) in [6, 6.07) is 15.9. The number of carbonyl (C=O) groups is 4. The van der Waals surface area contributed by atoms with Crippen molar-refractivity contribution in [2.75, 3.05) is 50.5 Å². The maximum Gasteiger partial charge on any atom is 0.321 e. The number of alkyl halides is 4. The Balaban J connectivity index is 0.000000178. The number of carbonyl (C=O) groups excluding carboxylic acids is 3. The number of ether oxygens (including phenoxy) is 2. The molecule has 2 unspecified atom stereocenters. The van der Waals surface area contributed by atoms with Crippen molar-refractivity contribution in [3.05, 3.63) is 127 Å². The smallest absolute Gasteiger partial charge is 0.321 e. The van der Waals surface area contributed by atoms with Gasteiger partial charge < -0.3 is 41.2 Å². The first-order valence-corrected chi connectivity index (χ1v) is 29.9. The third kappa shape index (κ3) is 10.8. The Kier molecular flexibility index (Phi) is 19.4. The van der Waals surface area contributed by atoms with E-state index in [9.17, 15) is 47.0 Å². The molecular formula is C61H68Cl5F6N5O9. The molecular weight excluding hydrogens is 1240 g/mol. The molecule has 6 heterocycles. The fourth-order valence-electron chi connectivity index (χ4n) is 15.7. The number of amides is 2. The fourth-order valence-corrected chi connectivity index (χ4v) is 16.4. The third-order valence-electron chi connectivity index (χ3n) is 19.4. The van der Waals surface area contributed by atoms with Gasteiger partial charge in [-0.2, -0.15) is 0 Å². The SMILES string of the molecule is CC(O)[C@@H]1CC[C@@H](CC(=O)[C@@H]2NC3(CC(CF)(CF)C3)[C@@]3(C(=O)Nc4cc(Cl)ccc43)[C@H]2c2cccc(Cl)c2F)CO1.CC(O)[C@@H]1CC[C@@H](N)CO1.Cl.O=C(O)[C@@H]1NC2(CC(CF)(CF)C2)[C@@]2(C(=O)Nc3cc(Cl)ccc32)[C@H]1c1cccc(Cl)c1F. The number of fused-ring (bicyclic) bond motifs is 6. The van der Waals surface area contributed by atoms with Gasteiger partial charge in [0.1, 0.15) is 28.5 Å². The molecule has 0 bridgehead atoms. The number of aliphatic hydroxyl groups excluding tert-OH is 2. The Morgan fingerprint density at radius 2 is 1.06 bits per heavy atom. The lowest BCUT2D eigenvalue weighted by molar-refractivity contribution is -0.140. The molecule has 2 aliphatic carbocycles. The Hall–Kier alpha value is -4.29. The number of hydrogen-bond donors (Lipinski definition) is 8. The molecule has 86 heavy (non-hydrogen) atoms. The quantitative estimate of drug-likeness (QED) is 0.0621. The normalized spacial score (nSPS) is 30.7. The molecule has 8 aliphatic rings. The number of carboxylic acids is 1. The molecule has 6 aliphatic heterocycles. The Morgan fingerprint density at radius 1 is 0.640 bits per heavy atom. The van der Waals surface area contributed by atoms with E-state index in [4.69, 9.17) is 66.7 Å². The molecule has 0 radical (unpaired) electrons. The van der Waals surface area contributed by atoms with E-state index in [1.54, 1.807) is 50.2 Å². The molecule has 0 aromatic heterocycles. The molecule has 6 fully saturated rings. The van der Waals surface area contributed by atoms with Crippen LogP contribution in [0.25, 0.3) is 0 Å². The Morgan fingerprint density at radius 3 is 1.44 bits per heavy atom. The maximum absolute atomic E-state index is 15.9. The second-order valence-electron chi connectivity index (χ2n) is 24.8. The van der Waals surface area contributed by atoms with Gasteiger partial charge in [0.05, 0.1) is 80.4 Å². The van der Waals surface area contributed by atoms with Crippen molar-refractivity contribution < 1.29 is 70.3 Å². The highest BCUT2D eigenvalue weighted by molar-refractivity contribution is 6.32. The zero-order chi connectivity index (χ0) is 61.3. The fraction of sp³-hybridized carbons (Fsp3) is 0.541. The predicted octanol–water partition coefficient (Wildman–Crippen LogP) is 10.6. The molecule has 4 spiro atoms. The van der Waals surface area contributed by atoms with E-state index < -0.39 is 119 Å². The van der Waals surface area contributed by atoms with Crippen LogP contribution in [0.4, 0.5) is 37.7 Å². The molecule has 2 amide bonds. The average Bonchev–Trinajstić information content (AvgIpc) is 1.48. The second kappa shape index (κ2) is 25.2. The molecule has 2 saturated carbocycles. The topological polar surface area (TPSA) is 222 Å². The number of nitrogens with one attached hydrogen (secondary N) is 4. The summed E-state index contributed by atoms with van der Waals surface area (Å²) in [5.41, 5.74) is -1.19. The largest absolute Gasteiger partial charge is 0.480 e. The minimum absolute atomic E-state index is 0. The first-order valence-electron chi connectivity index (χ1n) is 28.4. The van der Waals surface area contributed by atoms with E-state index in [-0.39, 0.29) is 108 Å². The lowest BCUT2D eigenvalue weighted by Crippen LogP contribution is -2.70. The first-order chi connectivity index (χ1) is 40.3. The highest BCUT2D eigenvalue weighted by Gasteiger charge is 2.80. The van der Waals surface area contributed by atoms with Gasteiger partial charge in [-0.05, 0) is 130 Å². The first kappa shape index (κ1) is 66.1. The van der Waals surface area contributed by atoms with Crippen LogP contribution >= 0.6 is 58.8 Å². The Bertz CT molecular complexity index is 3220. The minimum atomic E-state index is -1.66. The van der Waals surface area contributed by atoms with Crippen LogP contribution < -0.4 is 27.0 Å². The molecule has 14 nitrogen and oxygen atoms in total. The molecule has 12 atom stereocenters. The van der Waals surface area contributed by atoms with Gasteiger partial charge in [-0.25, -0.2) is 8.78 Å². The highest BCUT2D eigenvalue weighted by Crippen LogP contribution is 2.70. The highest BCUT2D eigenvalue weighted by atomic mass is 35.5. The van der Waals surface area contributed by atoms with Crippen LogP contribution in [-0.2, 0) is 39.5 Å². The Labute approximate surface area is 519 Å². The second-order valence-corrected chi connectivity index (χ2v) is 26.5. The van der Waals surface area contributed by atoms with Crippen LogP contribution in [0.3, 0.4) is 0 Å².